The summed E-state index contributed by atoms with van der Waals surface area (Å²) < 4.78 is -1.98. The summed E-state index contributed by atoms with van der Waals surface area (Å²) in [6, 6.07) is 0. The monoisotopic (exact) mass is 723 g/mol. The molecule has 0 bridgehead atoms. The van der Waals surface area contributed by atoms with Crippen molar-refractivity contribution in [3.8, 4) is 0 Å². The molecule has 6 heteroatoms. The van der Waals surface area contributed by atoms with Crippen molar-refractivity contribution in [3.05, 3.63) is 0 Å². The molecule has 0 amide bonds. The van der Waals surface area contributed by atoms with Gasteiger partial charge >= 0.3 is 81.8 Å². The Kier molecular flexibility index (Phi) is 6.15. The Morgan fingerprint density at radius 2 is 0.667 bits per heavy atom. The SMILES string of the molecule is [I][Y]([I])([I])([I])[I]. The van der Waals surface area contributed by atoms with Crippen LogP contribution in [0, 0.1) is 0 Å². The second kappa shape index (κ2) is 3.43. The third kappa shape index (κ3) is 23.3. The Balaban J connectivity index is 3.73. The first kappa shape index (κ1) is 10.8. The number of hydrogen-bond donors (Lipinski definition) is 0. The van der Waals surface area contributed by atoms with E-state index in [1.165, 1.54) is 0 Å². The average Bonchev–Trinajstić information content (AvgIpc) is 0.650. The van der Waals surface area contributed by atoms with E-state index in [-0.39, 0.29) is 0 Å². The third-order valence-electron chi connectivity index (χ3n) is 0. The average molecular weight is 723 g/mol. The Morgan fingerprint density at radius 3 is 0.667 bits per heavy atom. The van der Waals surface area contributed by atoms with Gasteiger partial charge in [-0.1, -0.05) is 0 Å². The van der Waals surface area contributed by atoms with Gasteiger partial charge in [0.25, 0.3) is 0 Å². The van der Waals surface area contributed by atoms with Gasteiger partial charge in [0, 0.05) is 0 Å². The molecule has 38 valence electrons. The molecule has 6 heavy (non-hydrogen) atoms. The van der Waals surface area contributed by atoms with Crippen molar-refractivity contribution in [1.29, 1.82) is 0 Å². The summed E-state index contributed by atoms with van der Waals surface area (Å²) in [4.78, 5) is 0. The van der Waals surface area contributed by atoms with E-state index in [0.717, 1.165) is 0 Å². The molecule has 0 aliphatic carbocycles. The van der Waals surface area contributed by atoms with Crippen molar-refractivity contribution in [2.45, 2.75) is 0 Å². The fourth-order valence-electron chi connectivity index (χ4n) is 0. The quantitative estimate of drug-likeness (QED) is 0.325. The standard InChI is InChI=1S/5HI.Y/h5*1H;/q;;;;;+5/p-5. The molecule has 0 fully saturated rings. The Morgan fingerprint density at radius 1 is 0.667 bits per heavy atom. The molecule has 0 N–H and O–H groups in total. The zero-order chi connectivity index (χ0) is 5.45. The van der Waals surface area contributed by atoms with Crippen LogP contribution in [0.15, 0.2) is 0 Å². The van der Waals surface area contributed by atoms with Crippen LogP contribution in [0.3, 0.4) is 0 Å². The predicted octanol–water partition coefficient (Wildman–Crippen LogP) is 4.43. The number of hydrogen-bond acceptors (Lipinski definition) is 0. The normalized spacial score (nSPS) is 15.0. The molecule has 0 radical (unpaired) electrons. The Labute approximate surface area is 77.6 Å². The van der Waals surface area contributed by atoms with Gasteiger partial charge in [-0.25, -0.2) is 0 Å². The second-order valence-corrected chi connectivity index (χ2v) is 220. The van der Waals surface area contributed by atoms with Crippen molar-refractivity contribution < 1.29 is 0.0352 Å². The molecule has 0 aliphatic rings. The van der Waals surface area contributed by atoms with E-state index >= 15 is 0 Å². The van der Waals surface area contributed by atoms with Gasteiger partial charge in [0.15, 0.2) is 0 Å². The van der Waals surface area contributed by atoms with Crippen molar-refractivity contribution in [3.63, 3.8) is 0 Å². The fraction of sp³-hybridized carbons (Fsp3) is 0. The van der Waals surface area contributed by atoms with Crippen LogP contribution in [-0.4, -0.2) is 0 Å². The molecule has 0 atom stereocenters. The van der Waals surface area contributed by atoms with E-state index in [1.807, 2.05) is 0 Å². The van der Waals surface area contributed by atoms with Gasteiger partial charge in [-0.3, -0.25) is 0 Å². The van der Waals surface area contributed by atoms with E-state index < -0.39 is 0.0352 Å². The Bertz CT molecular complexity index is 37.1. The first-order valence-corrected chi connectivity index (χ1v) is 43.3. The summed E-state index contributed by atoms with van der Waals surface area (Å²) in [6.07, 6.45) is 0. The molecule has 0 unspecified atom stereocenters. The summed E-state index contributed by atoms with van der Waals surface area (Å²) in [5.41, 5.74) is 0. The first-order valence-electron chi connectivity index (χ1n) is 1.09. The van der Waals surface area contributed by atoms with Crippen molar-refractivity contribution >= 4 is 81.7 Å². The first-order chi connectivity index (χ1) is 2.24. The number of halogens is 5. The Hall–Kier alpha value is 4.75. The molecular weight excluding hydrogens is 723 g/mol. The van der Waals surface area contributed by atoms with E-state index in [9.17, 15) is 0 Å². The molecular formula is I5Y. The molecule has 0 aromatic rings. The summed E-state index contributed by atoms with van der Waals surface area (Å²) in [5.74, 6) is 0. The molecule has 0 aromatic heterocycles. The third-order valence-corrected chi connectivity index (χ3v) is 0. The van der Waals surface area contributed by atoms with Gasteiger partial charge in [0.1, 0.15) is 0 Å². The van der Waals surface area contributed by atoms with Crippen molar-refractivity contribution in [2.24, 2.45) is 0 Å². The van der Waals surface area contributed by atoms with Crippen LogP contribution in [0.4, 0.5) is 0 Å². The molecule has 0 aromatic carbocycles. The van der Waals surface area contributed by atoms with Crippen LogP contribution >= 0.6 is 81.7 Å². The maximum atomic E-state index is 2.58. The van der Waals surface area contributed by atoms with Gasteiger partial charge in [0.2, 0.25) is 0 Å². The van der Waals surface area contributed by atoms with Gasteiger partial charge < -0.3 is 0 Å². The minimum atomic E-state index is -1.98. The maximum absolute atomic E-state index is 2.58. The van der Waals surface area contributed by atoms with Crippen LogP contribution in [0.1, 0.15) is 0 Å². The van der Waals surface area contributed by atoms with Gasteiger partial charge in [-0.05, 0) is 0 Å². The van der Waals surface area contributed by atoms with E-state index in [4.69, 9.17) is 0 Å². The summed E-state index contributed by atoms with van der Waals surface area (Å²) in [7, 11) is 0. The molecule has 0 nitrogen and oxygen atoms in total. The van der Waals surface area contributed by atoms with Crippen LogP contribution in [0.2, 0.25) is 0 Å². The van der Waals surface area contributed by atoms with E-state index in [2.05, 4.69) is 81.7 Å². The molecule has 0 saturated heterocycles. The molecule has 0 spiro atoms. The van der Waals surface area contributed by atoms with Crippen molar-refractivity contribution in [2.75, 3.05) is 0 Å². The minimum absolute atomic E-state index is 1.98. The molecule has 0 saturated carbocycles. The second-order valence-electron chi connectivity index (χ2n) is 0.825. The van der Waals surface area contributed by atoms with E-state index in [1.54, 1.807) is 0 Å². The fourth-order valence-corrected chi connectivity index (χ4v) is 0. The zero-order valence-electron chi connectivity index (χ0n) is 2.47. The van der Waals surface area contributed by atoms with Crippen LogP contribution in [0.25, 0.3) is 0 Å². The van der Waals surface area contributed by atoms with Gasteiger partial charge in [-0.15, -0.1) is 0 Å². The van der Waals surface area contributed by atoms with Gasteiger partial charge in [0.05, 0.1) is 0 Å². The van der Waals surface area contributed by atoms with Crippen molar-refractivity contribution in [1.82, 2.24) is 0 Å². The van der Waals surface area contributed by atoms with Crippen LogP contribution in [-0.2, 0) is 0.0352 Å². The zero-order valence-corrected chi connectivity index (χ0v) is 16.1. The van der Waals surface area contributed by atoms with Crippen LogP contribution in [0.5, 0.6) is 0 Å². The van der Waals surface area contributed by atoms with E-state index in [0.29, 0.717) is 0 Å². The summed E-state index contributed by atoms with van der Waals surface area (Å²) in [5, 5.41) is 0. The molecule has 0 aliphatic heterocycles. The summed E-state index contributed by atoms with van der Waals surface area (Å²) in [6.45, 7) is 0. The van der Waals surface area contributed by atoms with Crippen LogP contribution < -0.4 is 0 Å². The molecule has 0 rings (SSSR count). The molecule has 0 heterocycles. The topological polar surface area (TPSA) is 0 Å². The predicted molar refractivity (Wildman–Crippen MR) is 70.1 cm³/mol. The summed E-state index contributed by atoms with van der Waals surface area (Å²) >= 11 is 12.9. The van der Waals surface area contributed by atoms with Gasteiger partial charge in [-0.2, -0.15) is 0 Å². The number of rotatable bonds is 0.